The van der Waals surface area contributed by atoms with Gasteiger partial charge in [0.15, 0.2) is 0 Å². The van der Waals surface area contributed by atoms with Crippen molar-refractivity contribution in [2.45, 2.75) is 13.8 Å². The second-order valence-corrected chi connectivity index (χ2v) is 6.67. The van der Waals surface area contributed by atoms with Crippen molar-refractivity contribution >= 4 is 40.7 Å². The van der Waals surface area contributed by atoms with Crippen LogP contribution < -0.4 is 5.01 Å². The van der Waals surface area contributed by atoms with E-state index in [1.165, 1.54) is 17.0 Å². The molecule has 3 rings (SSSR count). The molecule has 0 aliphatic carbocycles. The lowest BCUT2D eigenvalue weighted by Crippen LogP contribution is -2.21. The Balaban J connectivity index is 1.87. The summed E-state index contributed by atoms with van der Waals surface area (Å²) < 4.78 is 4.67. The van der Waals surface area contributed by atoms with Crippen molar-refractivity contribution in [1.82, 2.24) is 0 Å². The summed E-state index contributed by atoms with van der Waals surface area (Å²) in [6.07, 6.45) is 1.86. The Kier molecular flexibility index (Phi) is 4.31. The first-order valence-corrected chi connectivity index (χ1v) is 8.18. The zero-order valence-electron chi connectivity index (χ0n) is 13.6. The van der Waals surface area contributed by atoms with Crippen molar-refractivity contribution in [3.63, 3.8) is 0 Å². The monoisotopic (exact) mass is 340 g/mol. The molecular formula is C18H16N2O3S. The predicted octanol–water partition coefficient (Wildman–Crippen LogP) is 3.65. The highest BCUT2D eigenvalue weighted by Gasteiger charge is 2.28. The number of carbonyl (C=O) groups excluding carboxylic acids is 2. The summed E-state index contributed by atoms with van der Waals surface area (Å²) in [5.74, 6) is -0.591. The third-order valence-electron chi connectivity index (χ3n) is 3.64. The van der Waals surface area contributed by atoms with E-state index in [4.69, 9.17) is 0 Å². The molecule has 24 heavy (non-hydrogen) atoms. The summed E-state index contributed by atoms with van der Waals surface area (Å²) in [6.45, 7) is 3.84. The highest BCUT2D eigenvalue weighted by atomic mass is 32.1. The molecule has 0 N–H and O–H groups in total. The second-order valence-electron chi connectivity index (χ2n) is 5.35. The third kappa shape index (κ3) is 3.00. The lowest BCUT2D eigenvalue weighted by atomic mass is 10.1. The molecule has 1 aromatic carbocycles. The molecule has 1 aromatic heterocycles. The highest BCUT2D eigenvalue weighted by Crippen LogP contribution is 2.27. The molecule has 0 saturated heterocycles. The number of thiophene rings is 1. The number of rotatable bonds is 3. The van der Waals surface area contributed by atoms with Crippen LogP contribution in [0.2, 0.25) is 0 Å². The van der Waals surface area contributed by atoms with Gasteiger partial charge in [-0.2, -0.15) is 10.1 Å². The topological polar surface area (TPSA) is 59.0 Å². The molecule has 0 spiro atoms. The Morgan fingerprint density at radius 3 is 2.46 bits per heavy atom. The summed E-state index contributed by atoms with van der Waals surface area (Å²) in [5.41, 5.74) is 2.29. The van der Waals surface area contributed by atoms with E-state index in [-0.39, 0.29) is 5.91 Å². The summed E-state index contributed by atoms with van der Waals surface area (Å²) in [7, 11) is 1.33. The Morgan fingerprint density at radius 1 is 1.17 bits per heavy atom. The van der Waals surface area contributed by atoms with Crippen LogP contribution in [0.25, 0.3) is 6.08 Å². The number of anilines is 1. The van der Waals surface area contributed by atoms with Gasteiger partial charge >= 0.3 is 5.97 Å². The van der Waals surface area contributed by atoms with E-state index in [9.17, 15) is 9.59 Å². The number of nitrogens with zero attached hydrogens (tertiary/aromatic N) is 2. The van der Waals surface area contributed by atoms with Crippen molar-refractivity contribution in [2.75, 3.05) is 12.1 Å². The number of hydrogen-bond acceptors (Lipinski definition) is 5. The maximum absolute atomic E-state index is 12.7. The van der Waals surface area contributed by atoms with Crippen LogP contribution in [0, 0.1) is 6.92 Å². The maximum atomic E-state index is 12.7. The number of amides is 1. The molecule has 0 unspecified atom stereocenters. The summed E-state index contributed by atoms with van der Waals surface area (Å²) >= 11 is 1.63. The van der Waals surface area contributed by atoms with Crippen LogP contribution in [0.3, 0.4) is 0 Å². The zero-order chi connectivity index (χ0) is 17.3. The second kappa shape index (κ2) is 6.41. The van der Waals surface area contributed by atoms with E-state index < -0.39 is 5.97 Å². The van der Waals surface area contributed by atoms with E-state index in [1.54, 1.807) is 35.6 Å². The average Bonchev–Trinajstić information content (AvgIpc) is 3.12. The van der Waals surface area contributed by atoms with Crippen LogP contribution in [0.4, 0.5) is 5.69 Å². The minimum absolute atomic E-state index is 0.177. The van der Waals surface area contributed by atoms with Gasteiger partial charge in [0.1, 0.15) is 0 Å². The van der Waals surface area contributed by atoms with Crippen LogP contribution in [-0.4, -0.2) is 24.7 Å². The first-order valence-electron chi connectivity index (χ1n) is 7.36. The van der Waals surface area contributed by atoms with Crippen molar-refractivity contribution in [3.05, 3.63) is 57.3 Å². The molecular weight excluding hydrogens is 324 g/mol. The van der Waals surface area contributed by atoms with E-state index >= 15 is 0 Å². The van der Waals surface area contributed by atoms with Crippen LogP contribution >= 0.6 is 11.3 Å². The van der Waals surface area contributed by atoms with Gasteiger partial charge < -0.3 is 4.74 Å². The van der Waals surface area contributed by atoms with Crippen molar-refractivity contribution in [2.24, 2.45) is 5.10 Å². The number of hydrogen-bond donors (Lipinski definition) is 0. The van der Waals surface area contributed by atoms with Crippen LogP contribution in [0.15, 0.2) is 47.1 Å². The fraction of sp³-hybridized carbons (Fsp3) is 0.167. The first-order chi connectivity index (χ1) is 11.5. The van der Waals surface area contributed by atoms with E-state index in [0.29, 0.717) is 22.5 Å². The fourth-order valence-electron chi connectivity index (χ4n) is 2.39. The molecule has 0 radical (unpaired) electrons. The van der Waals surface area contributed by atoms with E-state index in [0.717, 1.165) is 4.88 Å². The van der Waals surface area contributed by atoms with E-state index in [1.807, 2.05) is 32.1 Å². The van der Waals surface area contributed by atoms with Gasteiger partial charge in [-0.1, -0.05) is 0 Å². The van der Waals surface area contributed by atoms with Crippen molar-refractivity contribution < 1.29 is 14.3 Å². The maximum Gasteiger partial charge on any atom is 0.337 e. The quantitative estimate of drug-likeness (QED) is 0.633. The third-order valence-corrected chi connectivity index (χ3v) is 4.59. The number of hydrazone groups is 1. The highest BCUT2D eigenvalue weighted by molar-refractivity contribution is 7.12. The van der Waals surface area contributed by atoms with Gasteiger partial charge in [-0.05, 0) is 56.3 Å². The van der Waals surface area contributed by atoms with E-state index in [2.05, 4.69) is 9.84 Å². The van der Waals surface area contributed by atoms with Gasteiger partial charge in [0.05, 0.1) is 29.6 Å². The number of carbonyl (C=O) groups is 2. The SMILES string of the molecule is COC(=O)c1ccc(N2N=C(C)/C(=C\c3ccc(C)s3)C2=O)cc1. The molecule has 122 valence electrons. The standard InChI is InChI=1S/C18H16N2O3S/c1-11-4-9-15(24-11)10-16-12(2)19-20(17(16)21)14-7-5-13(6-8-14)18(22)23-3/h4-10H,1-3H3/b16-10+. The Labute approximate surface area is 143 Å². The van der Waals surface area contributed by atoms with Crippen LogP contribution in [-0.2, 0) is 9.53 Å². The van der Waals surface area contributed by atoms with Crippen LogP contribution in [0.1, 0.15) is 27.0 Å². The molecule has 5 nitrogen and oxygen atoms in total. The molecule has 1 aliphatic rings. The summed E-state index contributed by atoms with van der Waals surface area (Å²) in [4.78, 5) is 26.4. The van der Waals surface area contributed by atoms with Gasteiger partial charge in [0.2, 0.25) is 0 Å². The molecule has 6 heteroatoms. The number of benzene rings is 1. The van der Waals surface area contributed by atoms with Gasteiger partial charge in [-0.3, -0.25) is 4.79 Å². The number of ether oxygens (including phenoxy) is 1. The largest absolute Gasteiger partial charge is 0.465 e. The molecule has 2 heterocycles. The van der Waals surface area contributed by atoms with Gasteiger partial charge in [-0.25, -0.2) is 4.79 Å². The zero-order valence-corrected chi connectivity index (χ0v) is 14.4. The van der Waals surface area contributed by atoms with Crippen molar-refractivity contribution in [1.29, 1.82) is 0 Å². The Bertz CT molecular complexity index is 863. The van der Waals surface area contributed by atoms with Crippen LogP contribution in [0.5, 0.6) is 0 Å². The molecule has 1 aliphatic heterocycles. The smallest absolute Gasteiger partial charge is 0.337 e. The molecule has 0 atom stereocenters. The average molecular weight is 340 g/mol. The minimum atomic E-state index is -0.414. The summed E-state index contributed by atoms with van der Waals surface area (Å²) in [6, 6.07) is 10.6. The van der Waals surface area contributed by atoms with Gasteiger partial charge in [-0.15, -0.1) is 11.3 Å². The fourth-order valence-corrected chi connectivity index (χ4v) is 3.21. The number of methoxy groups -OCH3 is 1. The first kappa shape index (κ1) is 16.1. The number of aryl methyl sites for hydroxylation is 1. The lowest BCUT2D eigenvalue weighted by molar-refractivity contribution is -0.114. The Hall–Kier alpha value is -2.73. The molecule has 0 saturated carbocycles. The normalized spacial score (nSPS) is 15.8. The van der Waals surface area contributed by atoms with Crippen molar-refractivity contribution in [3.8, 4) is 0 Å². The predicted molar refractivity (Wildman–Crippen MR) is 95.4 cm³/mol. The summed E-state index contributed by atoms with van der Waals surface area (Å²) in [5, 5.41) is 5.69. The number of esters is 1. The molecule has 0 bridgehead atoms. The van der Waals surface area contributed by atoms with Gasteiger partial charge in [0, 0.05) is 9.75 Å². The lowest BCUT2D eigenvalue weighted by Gasteiger charge is -2.12. The molecule has 2 aromatic rings. The van der Waals surface area contributed by atoms with Gasteiger partial charge in [0.25, 0.3) is 5.91 Å². The minimum Gasteiger partial charge on any atom is -0.465 e. The molecule has 1 amide bonds. The molecule has 0 fully saturated rings. The Morgan fingerprint density at radius 2 is 1.88 bits per heavy atom.